The molecule has 6 nitrogen and oxygen atoms in total. The Kier molecular flexibility index (Phi) is 2.56. The van der Waals surface area contributed by atoms with Crippen molar-refractivity contribution >= 4 is 27.5 Å². The zero-order valence-electron chi connectivity index (χ0n) is 10.3. The number of carbonyl (C=O) groups is 1. The van der Waals surface area contributed by atoms with Gasteiger partial charge in [-0.3, -0.25) is 0 Å². The Bertz CT molecular complexity index is 790. The Hall–Kier alpha value is -2.28. The molecular formula is C12H10N4O2S. The van der Waals surface area contributed by atoms with Gasteiger partial charge in [-0.25, -0.2) is 19.4 Å². The van der Waals surface area contributed by atoms with Gasteiger partial charge in [0.2, 0.25) is 0 Å². The van der Waals surface area contributed by atoms with Crippen LogP contribution in [0.2, 0.25) is 0 Å². The van der Waals surface area contributed by atoms with Crippen molar-refractivity contribution in [3.63, 3.8) is 0 Å². The van der Waals surface area contributed by atoms with Crippen LogP contribution >= 0.6 is 11.3 Å². The quantitative estimate of drug-likeness (QED) is 0.774. The predicted molar refractivity (Wildman–Crippen MR) is 71.0 cm³/mol. The summed E-state index contributed by atoms with van der Waals surface area (Å²) in [7, 11) is 0. The number of nitrogens with zero attached hydrogens (tertiary/aromatic N) is 4. The van der Waals surface area contributed by atoms with Gasteiger partial charge in [0.1, 0.15) is 16.0 Å². The summed E-state index contributed by atoms with van der Waals surface area (Å²) in [4.78, 5) is 20.5. The molecule has 0 aromatic carbocycles. The number of fused-ring (bicyclic) bond motifs is 1. The molecule has 0 spiro atoms. The highest BCUT2D eigenvalue weighted by atomic mass is 32.1. The Balaban J connectivity index is 2.34. The number of hydrogen-bond acceptors (Lipinski definition) is 5. The molecule has 0 saturated heterocycles. The molecule has 0 aliphatic rings. The lowest BCUT2D eigenvalue weighted by Crippen LogP contribution is -2.01. The molecule has 3 aromatic rings. The van der Waals surface area contributed by atoms with E-state index in [9.17, 15) is 9.90 Å². The second kappa shape index (κ2) is 4.13. The summed E-state index contributed by atoms with van der Waals surface area (Å²) in [5, 5.41) is 14.2. The van der Waals surface area contributed by atoms with E-state index in [1.807, 2.05) is 13.0 Å². The van der Waals surface area contributed by atoms with Gasteiger partial charge in [0.15, 0.2) is 5.82 Å². The van der Waals surface area contributed by atoms with Crippen molar-refractivity contribution < 1.29 is 9.90 Å². The van der Waals surface area contributed by atoms with E-state index in [1.165, 1.54) is 6.33 Å². The van der Waals surface area contributed by atoms with Crippen LogP contribution < -0.4 is 0 Å². The summed E-state index contributed by atoms with van der Waals surface area (Å²) in [5.74, 6) is -0.331. The maximum Gasteiger partial charge on any atom is 0.346 e. The first-order valence-electron chi connectivity index (χ1n) is 5.58. The van der Waals surface area contributed by atoms with Crippen LogP contribution in [0, 0.1) is 13.8 Å². The molecule has 0 atom stereocenters. The van der Waals surface area contributed by atoms with Gasteiger partial charge in [-0.2, -0.15) is 5.10 Å². The third kappa shape index (κ3) is 1.78. The second-order valence-corrected chi connectivity index (χ2v) is 5.14. The molecule has 3 heterocycles. The van der Waals surface area contributed by atoms with E-state index in [0.29, 0.717) is 21.1 Å². The Labute approximate surface area is 112 Å². The normalized spacial score (nSPS) is 11.1. The highest BCUT2D eigenvalue weighted by Gasteiger charge is 2.19. The average molecular weight is 274 g/mol. The molecule has 7 heteroatoms. The van der Waals surface area contributed by atoms with Gasteiger partial charge < -0.3 is 5.11 Å². The van der Waals surface area contributed by atoms with E-state index < -0.39 is 5.97 Å². The number of carboxylic acids is 1. The lowest BCUT2D eigenvalue weighted by atomic mass is 10.2. The number of aromatic nitrogens is 4. The van der Waals surface area contributed by atoms with Gasteiger partial charge in [0.25, 0.3) is 0 Å². The standard InChI is InChI=1S/C12H10N4O2S/c1-6-3-4-16(15-6)10-8-7(2)9(12(17)18)19-11(8)14-5-13-10/h3-5H,1-2H3,(H,17,18). The van der Waals surface area contributed by atoms with Crippen LogP contribution in [0.1, 0.15) is 20.9 Å². The summed E-state index contributed by atoms with van der Waals surface area (Å²) in [6, 6.07) is 1.87. The molecule has 3 aromatic heterocycles. The molecule has 0 radical (unpaired) electrons. The Morgan fingerprint density at radius 1 is 1.37 bits per heavy atom. The number of hydrogen-bond donors (Lipinski definition) is 1. The van der Waals surface area contributed by atoms with Gasteiger partial charge >= 0.3 is 5.97 Å². The maximum absolute atomic E-state index is 11.2. The fourth-order valence-corrected chi connectivity index (χ4v) is 2.95. The van der Waals surface area contributed by atoms with Crippen LogP contribution in [0.3, 0.4) is 0 Å². The second-order valence-electron chi connectivity index (χ2n) is 4.14. The van der Waals surface area contributed by atoms with E-state index in [4.69, 9.17) is 0 Å². The first-order chi connectivity index (χ1) is 9.08. The number of carboxylic acid groups (broad SMARTS) is 1. The van der Waals surface area contributed by atoms with Crippen molar-refractivity contribution in [3.05, 3.63) is 34.7 Å². The minimum Gasteiger partial charge on any atom is -0.477 e. The zero-order valence-corrected chi connectivity index (χ0v) is 11.1. The van der Waals surface area contributed by atoms with Crippen LogP contribution in [0.15, 0.2) is 18.6 Å². The van der Waals surface area contributed by atoms with Crippen LogP contribution in [-0.4, -0.2) is 30.8 Å². The van der Waals surface area contributed by atoms with Crippen LogP contribution in [0.25, 0.3) is 16.0 Å². The summed E-state index contributed by atoms with van der Waals surface area (Å²) < 4.78 is 1.64. The Morgan fingerprint density at radius 2 is 2.16 bits per heavy atom. The van der Waals surface area contributed by atoms with E-state index in [1.54, 1.807) is 17.8 Å². The van der Waals surface area contributed by atoms with Crippen molar-refractivity contribution in [1.29, 1.82) is 0 Å². The predicted octanol–water partition coefficient (Wildman–Crippen LogP) is 2.19. The van der Waals surface area contributed by atoms with Gasteiger partial charge in [0, 0.05) is 6.20 Å². The first-order valence-corrected chi connectivity index (χ1v) is 6.39. The average Bonchev–Trinajstić information content (AvgIpc) is 2.94. The molecule has 0 unspecified atom stereocenters. The van der Waals surface area contributed by atoms with E-state index >= 15 is 0 Å². The minimum absolute atomic E-state index is 0.292. The summed E-state index contributed by atoms with van der Waals surface area (Å²) in [5.41, 5.74) is 1.55. The third-order valence-electron chi connectivity index (χ3n) is 2.84. The van der Waals surface area contributed by atoms with Crippen molar-refractivity contribution in [2.45, 2.75) is 13.8 Å². The lowest BCUT2D eigenvalue weighted by molar-refractivity contribution is 0.0701. The molecule has 1 N–H and O–H groups in total. The first kappa shape index (κ1) is 11.8. The largest absolute Gasteiger partial charge is 0.477 e. The monoisotopic (exact) mass is 274 g/mol. The van der Waals surface area contributed by atoms with Crippen molar-refractivity contribution in [3.8, 4) is 5.82 Å². The molecule has 0 amide bonds. The number of rotatable bonds is 2. The maximum atomic E-state index is 11.2. The van der Waals surface area contributed by atoms with E-state index in [0.717, 1.165) is 22.4 Å². The summed E-state index contributed by atoms with van der Waals surface area (Å²) in [6.45, 7) is 3.66. The van der Waals surface area contributed by atoms with Crippen molar-refractivity contribution in [2.24, 2.45) is 0 Å². The number of aromatic carboxylic acids is 1. The van der Waals surface area contributed by atoms with Crippen molar-refractivity contribution in [1.82, 2.24) is 19.7 Å². The highest BCUT2D eigenvalue weighted by Crippen LogP contribution is 2.32. The fourth-order valence-electron chi connectivity index (χ4n) is 1.96. The SMILES string of the molecule is Cc1ccn(-c2ncnc3sc(C(=O)O)c(C)c23)n1. The number of aryl methyl sites for hydroxylation is 2. The zero-order chi connectivity index (χ0) is 13.6. The molecule has 19 heavy (non-hydrogen) atoms. The molecule has 0 saturated carbocycles. The smallest absolute Gasteiger partial charge is 0.346 e. The van der Waals surface area contributed by atoms with Gasteiger partial charge in [-0.05, 0) is 25.5 Å². The molecule has 96 valence electrons. The van der Waals surface area contributed by atoms with Crippen molar-refractivity contribution in [2.75, 3.05) is 0 Å². The van der Waals surface area contributed by atoms with Gasteiger partial charge in [-0.1, -0.05) is 0 Å². The molecular weight excluding hydrogens is 264 g/mol. The number of thiophene rings is 1. The van der Waals surface area contributed by atoms with E-state index in [-0.39, 0.29) is 0 Å². The van der Waals surface area contributed by atoms with Crippen LogP contribution in [0.4, 0.5) is 0 Å². The summed E-state index contributed by atoms with van der Waals surface area (Å²) in [6.07, 6.45) is 3.23. The summed E-state index contributed by atoms with van der Waals surface area (Å²) >= 11 is 1.16. The van der Waals surface area contributed by atoms with E-state index in [2.05, 4.69) is 15.1 Å². The third-order valence-corrected chi connectivity index (χ3v) is 4.03. The Morgan fingerprint density at radius 3 is 2.79 bits per heavy atom. The lowest BCUT2D eigenvalue weighted by Gasteiger charge is -2.02. The fraction of sp³-hybridized carbons (Fsp3) is 0.167. The molecule has 0 aliphatic carbocycles. The molecule has 3 rings (SSSR count). The van der Waals surface area contributed by atoms with Crippen LogP contribution in [0.5, 0.6) is 0 Å². The molecule has 0 aliphatic heterocycles. The highest BCUT2D eigenvalue weighted by molar-refractivity contribution is 7.20. The minimum atomic E-state index is -0.942. The van der Waals surface area contributed by atoms with Crippen LogP contribution in [-0.2, 0) is 0 Å². The molecule has 0 bridgehead atoms. The topological polar surface area (TPSA) is 80.9 Å². The van der Waals surface area contributed by atoms with Gasteiger partial charge in [0.05, 0.1) is 11.1 Å². The van der Waals surface area contributed by atoms with Gasteiger partial charge in [-0.15, -0.1) is 11.3 Å². The molecule has 0 fully saturated rings.